The molecule has 2 N–H and O–H groups in total. The fourth-order valence-electron chi connectivity index (χ4n) is 1.70. The highest BCUT2D eigenvalue weighted by Gasteiger charge is 2.32. The molecule has 100 valence electrons. The maximum Gasteiger partial charge on any atom is 0.416 e. The lowest BCUT2D eigenvalue weighted by molar-refractivity contribution is -0.137. The number of aliphatic hydroxyl groups is 1. The Morgan fingerprint density at radius 2 is 2.00 bits per heavy atom. The van der Waals surface area contributed by atoms with Crippen LogP contribution in [0.15, 0.2) is 18.2 Å². The van der Waals surface area contributed by atoms with Gasteiger partial charge in [-0.15, -0.1) is 0 Å². The Labute approximate surface area is 102 Å². The fraction of sp³-hybridized carbons (Fsp3) is 0.500. The molecule has 0 spiro atoms. The number of hydrogen-bond acceptors (Lipinski definition) is 2. The van der Waals surface area contributed by atoms with Gasteiger partial charge >= 0.3 is 6.18 Å². The molecule has 1 saturated carbocycles. The van der Waals surface area contributed by atoms with Crippen molar-refractivity contribution in [2.75, 3.05) is 11.9 Å². The monoisotopic (exact) mass is 263 g/mol. The Morgan fingerprint density at radius 3 is 2.50 bits per heavy atom. The summed E-state index contributed by atoms with van der Waals surface area (Å²) >= 11 is 0. The molecule has 1 unspecified atom stereocenters. The molecule has 0 heterocycles. The number of benzene rings is 1. The van der Waals surface area contributed by atoms with Crippen molar-refractivity contribution in [2.45, 2.75) is 25.1 Å². The van der Waals surface area contributed by atoms with E-state index in [9.17, 15) is 22.7 Å². The van der Waals surface area contributed by atoms with E-state index in [1.807, 2.05) is 0 Å². The highest BCUT2D eigenvalue weighted by atomic mass is 19.4. The van der Waals surface area contributed by atoms with Crippen molar-refractivity contribution in [1.29, 1.82) is 0 Å². The third-order valence-corrected chi connectivity index (χ3v) is 2.96. The second-order valence-corrected chi connectivity index (χ2v) is 4.48. The molecular formula is C12H13F4NO. The number of alkyl halides is 3. The molecule has 0 aromatic heterocycles. The molecule has 1 aromatic carbocycles. The Balaban J connectivity index is 2.00. The van der Waals surface area contributed by atoms with E-state index in [0.29, 0.717) is 6.07 Å². The van der Waals surface area contributed by atoms with Gasteiger partial charge in [-0.2, -0.15) is 13.2 Å². The lowest BCUT2D eigenvalue weighted by atomic mass is 10.1. The quantitative estimate of drug-likeness (QED) is 0.818. The van der Waals surface area contributed by atoms with Gasteiger partial charge in [-0.3, -0.25) is 0 Å². The summed E-state index contributed by atoms with van der Waals surface area (Å²) in [4.78, 5) is 0. The molecule has 0 saturated heterocycles. The molecular weight excluding hydrogens is 250 g/mol. The summed E-state index contributed by atoms with van der Waals surface area (Å²) in [5.41, 5.74) is -1.05. The van der Waals surface area contributed by atoms with Crippen molar-refractivity contribution in [1.82, 2.24) is 0 Å². The van der Waals surface area contributed by atoms with Crippen LogP contribution in [0.1, 0.15) is 18.4 Å². The van der Waals surface area contributed by atoms with Gasteiger partial charge in [0.2, 0.25) is 0 Å². The first-order valence-corrected chi connectivity index (χ1v) is 5.66. The van der Waals surface area contributed by atoms with Gasteiger partial charge < -0.3 is 10.4 Å². The van der Waals surface area contributed by atoms with Crippen LogP contribution in [0.3, 0.4) is 0 Å². The average molecular weight is 263 g/mol. The van der Waals surface area contributed by atoms with Gasteiger partial charge in [0.15, 0.2) is 0 Å². The van der Waals surface area contributed by atoms with Crippen LogP contribution in [0.4, 0.5) is 23.2 Å². The zero-order valence-corrected chi connectivity index (χ0v) is 9.47. The molecule has 2 rings (SSSR count). The van der Waals surface area contributed by atoms with E-state index in [0.717, 1.165) is 25.0 Å². The highest BCUT2D eigenvalue weighted by molar-refractivity contribution is 5.47. The number of rotatable bonds is 4. The molecule has 0 bridgehead atoms. The van der Waals surface area contributed by atoms with Crippen LogP contribution in [0.25, 0.3) is 0 Å². The zero-order chi connectivity index (χ0) is 13.3. The predicted octanol–water partition coefficient (Wildman–Crippen LogP) is 3.03. The molecule has 1 aromatic rings. The summed E-state index contributed by atoms with van der Waals surface area (Å²) < 4.78 is 50.3. The summed E-state index contributed by atoms with van der Waals surface area (Å²) in [5, 5.41) is 12.2. The third-order valence-electron chi connectivity index (χ3n) is 2.96. The van der Waals surface area contributed by atoms with Crippen molar-refractivity contribution in [3.05, 3.63) is 29.6 Å². The van der Waals surface area contributed by atoms with Gasteiger partial charge in [0.25, 0.3) is 0 Å². The van der Waals surface area contributed by atoms with E-state index in [4.69, 9.17) is 0 Å². The highest BCUT2D eigenvalue weighted by Crippen LogP contribution is 2.33. The summed E-state index contributed by atoms with van der Waals surface area (Å²) in [6, 6.07) is 2.30. The van der Waals surface area contributed by atoms with Crippen LogP contribution in [-0.2, 0) is 6.18 Å². The van der Waals surface area contributed by atoms with E-state index >= 15 is 0 Å². The largest absolute Gasteiger partial charge is 0.416 e. The maximum atomic E-state index is 13.4. The molecule has 2 nitrogen and oxygen atoms in total. The maximum absolute atomic E-state index is 13.4. The van der Waals surface area contributed by atoms with Gasteiger partial charge in [0, 0.05) is 6.54 Å². The van der Waals surface area contributed by atoms with Crippen molar-refractivity contribution in [3.63, 3.8) is 0 Å². The van der Waals surface area contributed by atoms with Crippen LogP contribution < -0.4 is 5.32 Å². The topological polar surface area (TPSA) is 32.3 Å². The molecule has 1 aliphatic carbocycles. The van der Waals surface area contributed by atoms with Crippen molar-refractivity contribution in [2.24, 2.45) is 5.92 Å². The predicted molar refractivity (Wildman–Crippen MR) is 58.6 cm³/mol. The SMILES string of the molecule is OC(CNc1ccc(C(F)(F)F)cc1F)C1CC1. The number of aliphatic hydroxyl groups excluding tert-OH is 1. The van der Waals surface area contributed by atoms with Crippen molar-refractivity contribution < 1.29 is 22.7 Å². The number of hydrogen-bond donors (Lipinski definition) is 2. The minimum Gasteiger partial charge on any atom is -0.391 e. The number of anilines is 1. The van der Waals surface area contributed by atoms with E-state index in [2.05, 4.69) is 5.32 Å². The zero-order valence-electron chi connectivity index (χ0n) is 9.47. The Kier molecular flexibility index (Phi) is 3.47. The van der Waals surface area contributed by atoms with Crippen LogP contribution >= 0.6 is 0 Å². The number of nitrogens with one attached hydrogen (secondary N) is 1. The van der Waals surface area contributed by atoms with Crippen LogP contribution in [-0.4, -0.2) is 17.8 Å². The Bertz CT molecular complexity index is 429. The lowest BCUT2D eigenvalue weighted by Crippen LogP contribution is -2.21. The third kappa shape index (κ3) is 3.13. The van der Waals surface area contributed by atoms with Gasteiger partial charge in [0.05, 0.1) is 17.4 Å². The first-order chi connectivity index (χ1) is 8.38. The van der Waals surface area contributed by atoms with Gasteiger partial charge in [-0.05, 0) is 37.0 Å². The summed E-state index contributed by atoms with van der Waals surface area (Å²) in [6.07, 6.45) is -3.24. The van der Waals surface area contributed by atoms with E-state index in [-0.39, 0.29) is 18.2 Å². The molecule has 0 amide bonds. The standard InChI is InChI=1S/C12H13F4NO/c13-9-5-8(12(14,15)16)3-4-10(9)17-6-11(18)7-1-2-7/h3-5,7,11,17-18H,1-2,6H2. The Morgan fingerprint density at radius 1 is 1.33 bits per heavy atom. The summed E-state index contributed by atoms with van der Waals surface area (Å²) in [5.74, 6) is -0.733. The van der Waals surface area contributed by atoms with Crippen LogP contribution in [0, 0.1) is 11.7 Å². The normalized spacial score (nSPS) is 17.6. The fourth-order valence-corrected chi connectivity index (χ4v) is 1.70. The van der Waals surface area contributed by atoms with Crippen LogP contribution in [0.2, 0.25) is 0 Å². The smallest absolute Gasteiger partial charge is 0.391 e. The molecule has 1 fully saturated rings. The number of halogens is 4. The minimum atomic E-state index is -4.55. The minimum absolute atomic E-state index is 0.0253. The summed E-state index contributed by atoms with van der Waals surface area (Å²) in [7, 11) is 0. The summed E-state index contributed by atoms with van der Waals surface area (Å²) in [6.45, 7) is 0.146. The lowest BCUT2D eigenvalue weighted by Gasteiger charge is -2.13. The van der Waals surface area contributed by atoms with Crippen molar-refractivity contribution in [3.8, 4) is 0 Å². The van der Waals surface area contributed by atoms with E-state index in [1.54, 1.807) is 0 Å². The average Bonchev–Trinajstić information content (AvgIpc) is 3.09. The van der Waals surface area contributed by atoms with Gasteiger partial charge in [0.1, 0.15) is 5.82 Å². The first-order valence-electron chi connectivity index (χ1n) is 5.66. The van der Waals surface area contributed by atoms with E-state index < -0.39 is 23.7 Å². The molecule has 0 aliphatic heterocycles. The molecule has 6 heteroatoms. The second kappa shape index (κ2) is 4.76. The van der Waals surface area contributed by atoms with E-state index in [1.165, 1.54) is 0 Å². The Hall–Kier alpha value is -1.30. The van der Waals surface area contributed by atoms with Crippen LogP contribution in [0.5, 0.6) is 0 Å². The molecule has 18 heavy (non-hydrogen) atoms. The molecule has 1 aliphatic rings. The van der Waals surface area contributed by atoms with Gasteiger partial charge in [-0.25, -0.2) is 4.39 Å². The first kappa shape index (κ1) is 13.1. The second-order valence-electron chi connectivity index (χ2n) is 4.48. The van der Waals surface area contributed by atoms with Crippen molar-refractivity contribution >= 4 is 5.69 Å². The molecule has 1 atom stereocenters. The molecule has 0 radical (unpaired) electrons. The van der Waals surface area contributed by atoms with Gasteiger partial charge in [-0.1, -0.05) is 0 Å².